The van der Waals surface area contributed by atoms with Gasteiger partial charge < -0.3 is 14.1 Å². The van der Waals surface area contributed by atoms with Gasteiger partial charge in [0.2, 0.25) is 0 Å². The number of ether oxygens (including phenoxy) is 1. The van der Waals surface area contributed by atoms with Crippen LogP contribution in [0.1, 0.15) is 29.5 Å². The van der Waals surface area contributed by atoms with Gasteiger partial charge in [-0.1, -0.05) is 0 Å². The summed E-state index contributed by atoms with van der Waals surface area (Å²) in [4.78, 5) is 24.5. The maximum absolute atomic E-state index is 11.9. The van der Waals surface area contributed by atoms with Gasteiger partial charge in [-0.15, -0.1) is 0 Å². The maximum atomic E-state index is 11.9. The summed E-state index contributed by atoms with van der Waals surface area (Å²) in [6.07, 6.45) is 1.68. The summed E-state index contributed by atoms with van der Waals surface area (Å²) in [6, 6.07) is 1.62. The predicted molar refractivity (Wildman–Crippen MR) is 61.7 cm³/mol. The Morgan fingerprint density at radius 2 is 2.18 bits per heavy atom. The lowest BCUT2D eigenvalue weighted by Gasteiger charge is -2.15. The van der Waals surface area contributed by atoms with Gasteiger partial charge in [-0.25, -0.2) is 0 Å². The van der Waals surface area contributed by atoms with Gasteiger partial charge in [0.05, 0.1) is 24.9 Å². The molecule has 0 aromatic carbocycles. The molecule has 5 nitrogen and oxygen atoms in total. The Balaban J connectivity index is 2.48. The molecule has 0 atom stereocenters. The third-order valence-electron chi connectivity index (χ3n) is 2.39. The normalized spacial score (nSPS) is 10.1. The monoisotopic (exact) mass is 239 g/mol. The highest BCUT2D eigenvalue weighted by molar-refractivity contribution is 5.95. The Kier molecular flexibility index (Phi) is 4.75. The Hall–Kier alpha value is -1.78. The van der Waals surface area contributed by atoms with Gasteiger partial charge in [0.25, 0.3) is 5.91 Å². The van der Waals surface area contributed by atoms with Gasteiger partial charge in [0, 0.05) is 13.6 Å². The van der Waals surface area contributed by atoms with E-state index >= 15 is 0 Å². The number of aryl methyl sites for hydroxylation is 1. The quantitative estimate of drug-likeness (QED) is 0.732. The van der Waals surface area contributed by atoms with Crippen LogP contribution in [0.4, 0.5) is 0 Å². The van der Waals surface area contributed by atoms with E-state index < -0.39 is 0 Å². The lowest BCUT2D eigenvalue weighted by atomic mass is 10.2. The highest BCUT2D eigenvalue weighted by Gasteiger charge is 2.16. The van der Waals surface area contributed by atoms with E-state index in [0.29, 0.717) is 24.5 Å². The van der Waals surface area contributed by atoms with E-state index in [1.54, 1.807) is 27.0 Å². The predicted octanol–water partition coefficient (Wildman–Crippen LogP) is 1.61. The van der Waals surface area contributed by atoms with Crippen molar-refractivity contribution in [1.82, 2.24) is 4.90 Å². The molecule has 0 bridgehead atoms. The molecule has 1 rings (SSSR count). The molecule has 5 heteroatoms. The summed E-state index contributed by atoms with van der Waals surface area (Å²) in [5.41, 5.74) is 0.524. The molecule has 0 aliphatic carbocycles. The maximum Gasteiger partial charge on any atom is 0.307 e. The van der Waals surface area contributed by atoms with Crippen LogP contribution in [0, 0.1) is 6.92 Å². The van der Waals surface area contributed by atoms with Crippen molar-refractivity contribution in [1.29, 1.82) is 0 Å². The van der Waals surface area contributed by atoms with Crippen LogP contribution in [0.3, 0.4) is 0 Å². The van der Waals surface area contributed by atoms with Gasteiger partial charge in [0.15, 0.2) is 0 Å². The van der Waals surface area contributed by atoms with Crippen molar-refractivity contribution in [3.05, 3.63) is 23.7 Å². The number of carbonyl (C=O) groups excluding carboxylic acids is 2. The van der Waals surface area contributed by atoms with Gasteiger partial charge >= 0.3 is 5.97 Å². The van der Waals surface area contributed by atoms with Gasteiger partial charge in [-0.3, -0.25) is 9.59 Å². The minimum atomic E-state index is -0.295. The van der Waals surface area contributed by atoms with E-state index in [4.69, 9.17) is 9.15 Å². The molecule has 0 fully saturated rings. The number of esters is 1. The fourth-order valence-corrected chi connectivity index (χ4v) is 1.41. The zero-order chi connectivity index (χ0) is 12.8. The molecule has 94 valence electrons. The van der Waals surface area contributed by atoms with E-state index in [-0.39, 0.29) is 18.3 Å². The van der Waals surface area contributed by atoms with Crippen LogP contribution in [-0.2, 0) is 9.53 Å². The first-order chi connectivity index (χ1) is 8.06. The molecular weight excluding hydrogens is 222 g/mol. The minimum absolute atomic E-state index is 0.152. The van der Waals surface area contributed by atoms with Crippen LogP contribution in [0.5, 0.6) is 0 Å². The molecule has 1 aromatic heterocycles. The molecule has 0 aliphatic heterocycles. The van der Waals surface area contributed by atoms with Crippen molar-refractivity contribution in [2.45, 2.75) is 20.3 Å². The van der Waals surface area contributed by atoms with E-state index in [9.17, 15) is 9.59 Å². The minimum Gasteiger partial charge on any atom is -0.469 e. The first-order valence-corrected chi connectivity index (χ1v) is 5.51. The Morgan fingerprint density at radius 1 is 1.47 bits per heavy atom. The number of nitrogens with zero attached hydrogens (tertiary/aromatic N) is 1. The molecule has 1 aromatic rings. The number of furan rings is 1. The van der Waals surface area contributed by atoms with Gasteiger partial charge in [-0.05, 0) is 19.9 Å². The average Bonchev–Trinajstić information content (AvgIpc) is 2.71. The highest BCUT2D eigenvalue weighted by atomic mass is 16.5. The molecule has 0 aliphatic rings. The second kappa shape index (κ2) is 6.08. The molecule has 1 amide bonds. The van der Waals surface area contributed by atoms with Gasteiger partial charge in [0.1, 0.15) is 5.76 Å². The van der Waals surface area contributed by atoms with E-state index in [1.165, 1.54) is 11.2 Å². The van der Waals surface area contributed by atoms with Crippen LogP contribution in [0.2, 0.25) is 0 Å². The Morgan fingerprint density at radius 3 is 2.71 bits per heavy atom. The lowest BCUT2D eigenvalue weighted by molar-refractivity contribution is -0.143. The second-order valence-corrected chi connectivity index (χ2v) is 3.67. The summed E-state index contributed by atoms with van der Waals surface area (Å²) >= 11 is 0. The number of amides is 1. The number of rotatable bonds is 5. The third kappa shape index (κ3) is 3.62. The van der Waals surface area contributed by atoms with Crippen molar-refractivity contribution in [3.8, 4) is 0 Å². The fraction of sp³-hybridized carbons (Fsp3) is 0.500. The van der Waals surface area contributed by atoms with Crippen molar-refractivity contribution in [3.63, 3.8) is 0 Å². The molecule has 0 N–H and O–H groups in total. The number of hydrogen-bond acceptors (Lipinski definition) is 4. The topological polar surface area (TPSA) is 59.8 Å². The van der Waals surface area contributed by atoms with Crippen molar-refractivity contribution < 1.29 is 18.7 Å². The highest BCUT2D eigenvalue weighted by Crippen LogP contribution is 2.11. The zero-order valence-corrected chi connectivity index (χ0v) is 10.4. The van der Waals surface area contributed by atoms with E-state index in [0.717, 1.165) is 0 Å². The SMILES string of the molecule is CCOC(=O)CCN(C)C(=O)c1ccoc1C. The van der Waals surface area contributed by atoms with Crippen LogP contribution in [0.15, 0.2) is 16.7 Å². The van der Waals surface area contributed by atoms with E-state index in [2.05, 4.69) is 0 Å². The van der Waals surface area contributed by atoms with Crippen LogP contribution in [0.25, 0.3) is 0 Å². The van der Waals surface area contributed by atoms with Crippen LogP contribution in [-0.4, -0.2) is 37.0 Å². The standard InChI is InChI=1S/C12H17NO4/c1-4-16-11(14)5-7-13(3)12(15)10-6-8-17-9(10)2/h6,8H,4-5,7H2,1-3H3. The first kappa shape index (κ1) is 13.3. The smallest absolute Gasteiger partial charge is 0.307 e. The summed E-state index contributed by atoms with van der Waals surface area (Å²) in [7, 11) is 1.65. The molecule has 0 radical (unpaired) electrons. The van der Waals surface area contributed by atoms with Gasteiger partial charge in [-0.2, -0.15) is 0 Å². The zero-order valence-electron chi connectivity index (χ0n) is 10.4. The largest absolute Gasteiger partial charge is 0.469 e. The third-order valence-corrected chi connectivity index (χ3v) is 2.39. The average molecular weight is 239 g/mol. The van der Waals surface area contributed by atoms with Crippen molar-refractivity contribution in [2.24, 2.45) is 0 Å². The molecule has 0 unspecified atom stereocenters. The van der Waals surface area contributed by atoms with Crippen molar-refractivity contribution in [2.75, 3.05) is 20.2 Å². The molecule has 0 saturated carbocycles. The van der Waals surface area contributed by atoms with Crippen LogP contribution >= 0.6 is 0 Å². The first-order valence-electron chi connectivity index (χ1n) is 5.51. The molecule has 17 heavy (non-hydrogen) atoms. The second-order valence-electron chi connectivity index (χ2n) is 3.67. The summed E-state index contributed by atoms with van der Waals surface area (Å²) < 4.78 is 9.85. The Bertz CT molecular complexity index is 397. The summed E-state index contributed by atoms with van der Waals surface area (Å²) in [5.74, 6) is 0.134. The number of carbonyl (C=O) groups is 2. The van der Waals surface area contributed by atoms with Crippen LogP contribution < -0.4 is 0 Å². The summed E-state index contributed by atoms with van der Waals surface area (Å²) in [6.45, 7) is 4.17. The van der Waals surface area contributed by atoms with Crippen molar-refractivity contribution >= 4 is 11.9 Å². The summed E-state index contributed by atoms with van der Waals surface area (Å²) in [5, 5.41) is 0. The fourth-order valence-electron chi connectivity index (χ4n) is 1.41. The van der Waals surface area contributed by atoms with E-state index in [1.807, 2.05) is 0 Å². The molecule has 0 saturated heterocycles. The molecule has 1 heterocycles. The lowest BCUT2D eigenvalue weighted by Crippen LogP contribution is -2.29. The Labute approximate surface area is 100 Å². The number of hydrogen-bond donors (Lipinski definition) is 0. The molecular formula is C12H17NO4. The molecule has 0 spiro atoms.